The van der Waals surface area contributed by atoms with E-state index >= 15 is 0 Å². The van der Waals surface area contributed by atoms with Crippen molar-refractivity contribution >= 4 is 12.0 Å². The summed E-state index contributed by atoms with van der Waals surface area (Å²) in [6.07, 6.45) is 2.44. The molecule has 6 nitrogen and oxygen atoms in total. The van der Waals surface area contributed by atoms with Crippen LogP contribution in [-0.4, -0.2) is 53.8 Å². The Morgan fingerprint density at radius 1 is 1.42 bits per heavy atom. The van der Waals surface area contributed by atoms with Crippen molar-refractivity contribution < 1.29 is 19.4 Å². The molecule has 0 spiro atoms. The predicted molar refractivity (Wildman–Crippen MR) is 71.1 cm³/mol. The monoisotopic (exact) mass is 272 g/mol. The Kier molecular flexibility index (Phi) is 5.60. The van der Waals surface area contributed by atoms with Gasteiger partial charge in [-0.2, -0.15) is 0 Å². The van der Waals surface area contributed by atoms with Crippen molar-refractivity contribution in [2.24, 2.45) is 0 Å². The molecule has 1 rings (SSSR count). The molecule has 0 aromatic carbocycles. The molecule has 0 bridgehead atoms. The van der Waals surface area contributed by atoms with Crippen molar-refractivity contribution in [1.82, 2.24) is 10.2 Å². The fraction of sp³-hybridized carbons (Fsp3) is 0.846. The minimum Gasteiger partial charge on any atom is -0.481 e. The quantitative estimate of drug-likeness (QED) is 0.735. The number of carboxylic acid groups (broad SMARTS) is 1. The summed E-state index contributed by atoms with van der Waals surface area (Å²) < 4.78 is 4.99. The maximum Gasteiger partial charge on any atom is 0.318 e. The lowest BCUT2D eigenvalue weighted by molar-refractivity contribution is -0.139. The van der Waals surface area contributed by atoms with E-state index in [1.165, 1.54) is 0 Å². The fourth-order valence-electron chi connectivity index (χ4n) is 2.32. The molecule has 0 atom stereocenters. The van der Waals surface area contributed by atoms with Gasteiger partial charge in [-0.3, -0.25) is 4.79 Å². The molecule has 0 radical (unpaired) electrons. The van der Waals surface area contributed by atoms with E-state index in [-0.39, 0.29) is 18.5 Å². The predicted octanol–water partition coefficient (Wildman–Crippen LogP) is 1.45. The topological polar surface area (TPSA) is 78.9 Å². The largest absolute Gasteiger partial charge is 0.481 e. The van der Waals surface area contributed by atoms with E-state index in [2.05, 4.69) is 5.32 Å². The van der Waals surface area contributed by atoms with Crippen LogP contribution in [0, 0.1) is 0 Å². The van der Waals surface area contributed by atoms with E-state index in [9.17, 15) is 9.59 Å². The number of nitrogens with one attached hydrogen (secondary N) is 1. The number of urea groups is 1. The van der Waals surface area contributed by atoms with Crippen LogP contribution in [0.25, 0.3) is 0 Å². The highest BCUT2D eigenvalue weighted by Gasteiger charge is 2.41. The van der Waals surface area contributed by atoms with E-state index in [1.54, 1.807) is 12.0 Å². The second kappa shape index (κ2) is 6.75. The number of rotatable bonds is 7. The van der Waals surface area contributed by atoms with Crippen molar-refractivity contribution in [3.05, 3.63) is 0 Å². The van der Waals surface area contributed by atoms with E-state index in [0.29, 0.717) is 13.2 Å². The molecule has 1 saturated carbocycles. The normalized spacial score (nSPS) is 16.8. The van der Waals surface area contributed by atoms with Crippen LogP contribution in [0.2, 0.25) is 0 Å². The lowest BCUT2D eigenvalue weighted by Crippen LogP contribution is -2.59. The Bertz CT molecular complexity index is 327. The second-order valence-electron chi connectivity index (χ2n) is 5.41. The molecule has 1 fully saturated rings. The first-order valence-electron chi connectivity index (χ1n) is 6.70. The van der Waals surface area contributed by atoms with Crippen LogP contribution in [0.1, 0.15) is 39.5 Å². The highest BCUT2D eigenvalue weighted by atomic mass is 16.5. The van der Waals surface area contributed by atoms with Crippen LogP contribution in [-0.2, 0) is 9.53 Å². The number of amides is 2. The third-order valence-electron chi connectivity index (χ3n) is 3.59. The summed E-state index contributed by atoms with van der Waals surface area (Å²) in [6, 6.07) is -0.148. The van der Waals surface area contributed by atoms with Gasteiger partial charge < -0.3 is 20.1 Å². The van der Waals surface area contributed by atoms with Gasteiger partial charge >= 0.3 is 12.0 Å². The maximum absolute atomic E-state index is 12.2. The Morgan fingerprint density at radius 3 is 2.42 bits per heavy atom. The van der Waals surface area contributed by atoms with Crippen LogP contribution in [0.15, 0.2) is 0 Å². The summed E-state index contributed by atoms with van der Waals surface area (Å²) >= 11 is 0. The number of methoxy groups -OCH3 is 1. The van der Waals surface area contributed by atoms with E-state index in [0.717, 1.165) is 19.3 Å². The first kappa shape index (κ1) is 15.8. The van der Waals surface area contributed by atoms with Crippen LogP contribution in [0.5, 0.6) is 0 Å². The van der Waals surface area contributed by atoms with Gasteiger partial charge in [0.05, 0.1) is 18.6 Å². The molecule has 1 aliphatic carbocycles. The second-order valence-corrected chi connectivity index (χ2v) is 5.41. The number of carbonyl (C=O) groups is 2. The standard InChI is InChI=1S/C13H24N2O4/c1-10(2)15(7-8-19-3)12(18)14-13(5-4-6-13)9-11(16)17/h10H,4-9H2,1-3H3,(H,14,18)(H,16,17). The number of hydrogen-bond acceptors (Lipinski definition) is 3. The van der Waals surface area contributed by atoms with Gasteiger partial charge in [0.25, 0.3) is 0 Å². The van der Waals surface area contributed by atoms with E-state index < -0.39 is 11.5 Å². The van der Waals surface area contributed by atoms with Gasteiger partial charge in [0.2, 0.25) is 0 Å². The SMILES string of the molecule is COCCN(C(=O)NC1(CC(=O)O)CCC1)C(C)C. The molecule has 1 aliphatic rings. The Morgan fingerprint density at radius 2 is 2.05 bits per heavy atom. The molecule has 0 unspecified atom stereocenters. The third kappa shape index (κ3) is 4.38. The molecule has 0 heterocycles. The highest BCUT2D eigenvalue weighted by molar-refractivity contribution is 5.77. The highest BCUT2D eigenvalue weighted by Crippen LogP contribution is 2.35. The zero-order valence-corrected chi connectivity index (χ0v) is 11.9. The average molecular weight is 272 g/mol. The summed E-state index contributed by atoms with van der Waals surface area (Å²) in [5.41, 5.74) is -0.552. The summed E-state index contributed by atoms with van der Waals surface area (Å²) in [5.74, 6) is -0.868. The van der Waals surface area contributed by atoms with Crippen LogP contribution in [0.4, 0.5) is 4.79 Å². The zero-order chi connectivity index (χ0) is 14.5. The van der Waals surface area contributed by atoms with Gasteiger partial charge in [0.15, 0.2) is 0 Å². The minimum atomic E-state index is -0.868. The molecule has 0 aromatic rings. The van der Waals surface area contributed by atoms with Crippen molar-refractivity contribution in [3.63, 3.8) is 0 Å². The fourth-order valence-corrected chi connectivity index (χ4v) is 2.32. The van der Waals surface area contributed by atoms with Gasteiger partial charge in [0.1, 0.15) is 0 Å². The molecular weight excluding hydrogens is 248 g/mol. The van der Waals surface area contributed by atoms with Crippen molar-refractivity contribution in [2.75, 3.05) is 20.3 Å². The lowest BCUT2D eigenvalue weighted by Gasteiger charge is -2.43. The van der Waals surface area contributed by atoms with Gasteiger partial charge in [-0.05, 0) is 33.1 Å². The summed E-state index contributed by atoms with van der Waals surface area (Å²) in [7, 11) is 1.59. The van der Waals surface area contributed by atoms with E-state index in [4.69, 9.17) is 9.84 Å². The van der Waals surface area contributed by atoms with Crippen molar-refractivity contribution in [3.8, 4) is 0 Å². The van der Waals surface area contributed by atoms with Crippen LogP contribution in [0.3, 0.4) is 0 Å². The van der Waals surface area contributed by atoms with Gasteiger partial charge in [-0.1, -0.05) is 0 Å². The molecule has 0 aromatic heterocycles. The Hall–Kier alpha value is -1.30. The Balaban J connectivity index is 2.61. The van der Waals surface area contributed by atoms with Crippen LogP contribution < -0.4 is 5.32 Å². The number of aliphatic carboxylic acids is 1. The molecule has 19 heavy (non-hydrogen) atoms. The number of carbonyl (C=O) groups excluding carboxylic acids is 1. The van der Waals surface area contributed by atoms with Crippen molar-refractivity contribution in [1.29, 1.82) is 0 Å². The first-order valence-corrected chi connectivity index (χ1v) is 6.70. The minimum absolute atomic E-state index is 0.00501. The molecular formula is C13H24N2O4. The molecule has 2 N–H and O–H groups in total. The average Bonchev–Trinajstić information content (AvgIpc) is 2.25. The van der Waals surface area contributed by atoms with Gasteiger partial charge in [-0.25, -0.2) is 4.79 Å². The number of ether oxygens (including phenoxy) is 1. The molecule has 6 heteroatoms. The smallest absolute Gasteiger partial charge is 0.318 e. The van der Waals surface area contributed by atoms with Gasteiger partial charge in [-0.15, -0.1) is 0 Å². The molecule has 2 amide bonds. The van der Waals surface area contributed by atoms with E-state index in [1.807, 2.05) is 13.8 Å². The number of carboxylic acids is 1. The summed E-state index contributed by atoms with van der Waals surface area (Å²) in [5, 5.41) is 11.8. The molecule has 110 valence electrons. The van der Waals surface area contributed by atoms with Crippen LogP contribution >= 0.6 is 0 Å². The Labute approximate surface area is 114 Å². The molecule has 0 saturated heterocycles. The third-order valence-corrected chi connectivity index (χ3v) is 3.59. The zero-order valence-electron chi connectivity index (χ0n) is 11.9. The maximum atomic E-state index is 12.2. The van der Waals surface area contributed by atoms with Gasteiger partial charge in [0, 0.05) is 19.7 Å². The number of nitrogens with zero attached hydrogens (tertiary/aromatic N) is 1. The first-order chi connectivity index (χ1) is 8.90. The molecule has 0 aliphatic heterocycles. The number of hydrogen-bond donors (Lipinski definition) is 2. The lowest BCUT2D eigenvalue weighted by atomic mass is 9.74. The summed E-state index contributed by atoms with van der Waals surface area (Å²) in [6.45, 7) is 4.83. The summed E-state index contributed by atoms with van der Waals surface area (Å²) in [4.78, 5) is 24.8. The van der Waals surface area contributed by atoms with Crippen molar-refractivity contribution in [2.45, 2.75) is 51.1 Å².